The van der Waals surface area contributed by atoms with E-state index in [1.165, 1.54) is 37.1 Å². The minimum absolute atomic E-state index is 0.250. The normalized spacial score (nSPS) is 21.1. The molecule has 2 heterocycles. The zero-order chi connectivity index (χ0) is 13.5. The second kappa shape index (κ2) is 4.70. The van der Waals surface area contributed by atoms with E-state index in [4.69, 9.17) is 5.10 Å². The molecular weight excluding hydrogens is 275 g/mol. The molecular formula is C14H13FN4S. The highest BCUT2D eigenvalue weighted by Gasteiger charge is 2.29. The van der Waals surface area contributed by atoms with Gasteiger partial charge in [-0.3, -0.25) is 0 Å². The molecule has 1 aliphatic heterocycles. The van der Waals surface area contributed by atoms with Gasteiger partial charge in [-0.25, -0.2) is 4.39 Å². The third-order valence-corrected chi connectivity index (χ3v) is 4.97. The zero-order valence-electron chi connectivity index (χ0n) is 10.8. The van der Waals surface area contributed by atoms with Crippen LogP contribution >= 0.6 is 11.8 Å². The molecule has 0 N–H and O–H groups in total. The Bertz CT molecular complexity index is 677. The van der Waals surface area contributed by atoms with Crippen molar-refractivity contribution in [1.29, 1.82) is 0 Å². The van der Waals surface area contributed by atoms with Crippen LogP contribution in [-0.2, 0) is 0 Å². The van der Waals surface area contributed by atoms with Gasteiger partial charge in [0, 0.05) is 5.56 Å². The Kier molecular flexibility index (Phi) is 2.84. The standard InChI is InChI=1S/C14H13FN4S/c15-10-7-5-9(6-8-10)13-16-17-14-19(13)18-11-3-1-2-4-12(11)20-14/h5-8,12H,1-4H2. The van der Waals surface area contributed by atoms with Crippen LogP contribution in [0.3, 0.4) is 0 Å². The van der Waals surface area contributed by atoms with Gasteiger partial charge in [0.15, 0.2) is 5.82 Å². The lowest BCUT2D eigenvalue weighted by Crippen LogP contribution is -2.26. The van der Waals surface area contributed by atoms with Crippen molar-refractivity contribution in [2.75, 3.05) is 0 Å². The van der Waals surface area contributed by atoms with Crippen LogP contribution < -0.4 is 0 Å². The summed E-state index contributed by atoms with van der Waals surface area (Å²) in [6, 6.07) is 6.29. The van der Waals surface area contributed by atoms with E-state index >= 15 is 0 Å². The molecule has 4 nitrogen and oxygen atoms in total. The van der Waals surface area contributed by atoms with Crippen molar-refractivity contribution < 1.29 is 4.39 Å². The molecule has 1 fully saturated rings. The Balaban J connectivity index is 1.78. The summed E-state index contributed by atoms with van der Waals surface area (Å²) in [6.07, 6.45) is 4.69. The average molecular weight is 288 g/mol. The van der Waals surface area contributed by atoms with Gasteiger partial charge in [-0.05, 0) is 43.5 Å². The molecule has 2 aliphatic rings. The molecule has 0 saturated heterocycles. The van der Waals surface area contributed by atoms with E-state index in [0.29, 0.717) is 11.1 Å². The molecule has 2 aromatic rings. The molecule has 1 atom stereocenters. The number of aromatic nitrogens is 3. The summed E-state index contributed by atoms with van der Waals surface area (Å²) in [5.74, 6) is 0.434. The minimum atomic E-state index is -0.250. The van der Waals surface area contributed by atoms with E-state index in [2.05, 4.69) is 10.2 Å². The number of thioether (sulfide) groups is 1. The Morgan fingerprint density at radius 2 is 2.00 bits per heavy atom. The third kappa shape index (κ3) is 1.95. The predicted molar refractivity (Wildman–Crippen MR) is 76.4 cm³/mol. The lowest BCUT2D eigenvalue weighted by atomic mass is 9.98. The number of hydrogen-bond acceptors (Lipinski definition) is 4. The Morgan fingerprint density at radius 3 is 2.85 bits per heavy atom. The summed E-state index contributed by atoms with van der Waals surface area (Å²) in [4.78, 5) is 0. The highest BCUT2D eigenvalue weighted by atomic mass is 32.2. The van der Waals surface area contributed by atoms with E-state index in [1.807, 2.05) is 0 Å². The second-order valence-electron chi connectivity index (χ2n) is 5.07. The van der Waals surface area contributed by atoms with Gasteiger partial charge < -0.3 is 0 Å². The molecule has 1 unspecified atom stereocenters. The molecule has 0 bridgehead atoms. The maximum absolute atomic E-state index is 13.0. The topological polar surface area (TPSA) is 43.1 Å². The van der Waals surface area contributed by atoms with Crippen LogP contribution in [-0.4, -0.2) is 25.8 Å². The van der Waals surface area contributed by atoms with Crippen molar-refractivity contribution in [3.63, 3.8) is 0 Å². The van der Waals surface area contributed by atoms with Crippen LogP contribution in [0.2, 0.25) is 0 Å². The number of nitrogens with zero attached hydrogens (tertiary/aromatic N) is 4. The molecule has 4 rings (SSSR count). The van der Waals surface area contributed by atoms with Crippen molar-refractivity contribution >= 4 is 17.5 Å². The summed E-state index contributed by atoms with van der Waals surface area (Å²) in [6.45, 7) is 0. The molecule has 1 aromatic carbocycles. The Hall–Kier alpha value is -1.69. The highest BCUT2D eigenvalue weighted by molar-refractivity contribution is 8.00. The molecule has 1 aromatic heterocycles. The highest BCUT2D eigenvalue weighted by Crippen LogP contribution is 2.36. The van der Waals surface area contributed by atoms with E-state index in [9.17, 15) is 4.39 Å². The van der Waals surface area contributed by atoms with Gasteiger partial charge in [-0.15, -0.1) is 10.2 Å². The molecule has 0 radical (unpaired) electrons. The van der Waals surface area contributed by atoms with Crippen molar-refractivity contribution in [3.8, 4) is 11.4 Å². The van der Waals surface area contributed by atoms with Crippen molar-refractivity contribution in [2.45, 2.75) is 36.1 Å². The van der Waals surface area contributed by atoms with Crippen molar-refractivity contribution in [2.24, 2.45) is 5.10 Å². The Morgan fingerprint density at radius 1 is 1.15 bits per heavy atom. The van der Waals surface area contributed by atoms with Crippen LogP contribution in [0.4, 0.5) is 4.39 Å². The van der Waals surface area contributed by atoms with Crippen molar-refractivity contribution in [1.82, 2.24) is 14.9 Å². The largest absolute Gasteiger partial charge is 0.213 e. The van der Waals surface area contributed by atoms with Gasteiger partial charge in [0.1, 0.15) is 5.82 Å². The van der Waals surface area contributed by atoms with Crippen LogP contribution in [0.15, 0.2) is 34.5 Å². The van der Waals surface area contributed by atoms with E-state index < -0.39 is 0 Å². The summed E-state index contributed by atoms with van der Waals surface area (Å²) < 4.78 is 14.8. The fraction of sp³-hybridized carbons (Fsp3) is 0.357. The number of fused-ring (bicyclic) bond motifs is 2. The first kappa shape index (κ1) is 12.1. The summed E-state index contributed by atoms with van der Waals surface area (Å²) in [5, 5.41) is 14.5. The number of hydrogen-bond donors (Lipinski definition) is 0. The first-order valence-corrected chi connectivity index (χ1v) is 7.65. The van der Waals surface area contributed by atoms with Gasteiger partial charge in [0.2, 0.25) is 5.16 Å². The van der Waals surface area contributed by atoms with E-state index in [0.717, 1.165) is 17.1 Å². The van der Waals surface area contributed by atoms with E-state index in [1.54, 1.807) is 28.6 Å². The second-order valence-corrected chi connectivity index (χ2v) is 6.24. The Labute approximate surface area is 120 Å². The average Bonchev–Trinajstić information content (AvgIpc) is 2.88. The van der Waals surface area contributed by atoms with Crippen LogP contribution in [0.5, 0.6) is 0 Å². The maximum Gasteiger partial charge on any atom is 0.213 e. The molecule has 102 valence electrons. The molecule has 20 heavy (non-hydrogen) atoms. The number of benzene rings is 1. The number of halogens is 1. The summed E-state index contributed by atoms with van der Waals surface area (Å²) in [7, 11) is 0. The molecule has 1 saturated carbocycles. The lowest BCUT2D eigenvalue weighted by molar-refractivity contribution is 0.627. The fourth-order valence-electron chi connectivity index (χ4n) is 2.67. The van der Waals surface area contributed by atoms with Gasteiger partial charge >= 0.3 is 0 Å². The van der Waals surface area contributed by atoms with Crippen molar-refractivity contribution in [3.05, 3.63) is 30.1 Å². The van der Waals surface area contributed by atoms with E-state index in [-0.39, 0.29) is 5.82 Å². The predicted octanol–water partition coefficient (Wildman–Crippen LogP) is 3.34. The zero-order valence-corrected chi connectivity index (χ0v) is 11.6. The van der Waals surface area contributed by atoms with Crippen LogP contribution in [0.1, 0.15) is 25.7 Å². The van der Waals surface area contributed by atoms with Gasteiger partial charge in [0.25, 0.3) is 0 Å². The lowest BCUT2D eigenvalue weighted by Gasteiger charge is -2.26. The quantitative estimate of drug-likeness (QED) is 0.808. The first-order valence-electron chi connectivity index (χ1n) is 6.77. The smallest absolute Gasteiger partial charge is 0.207 e. The fourth-order valence-corrected chi connectivity index (χ4v) is 3.82. The van der Waals surface area contributed by atoms with Gasteiger partial charge in [0.05, 0.1) is 11.0 Å². The van der Waals surface area contributed by atoms with Gasteiger partial charge in [-0.1, -0.05) is 18.2 Å². The summed E-state index contributed by atoms with van der Waals surface area (Å²) >= 11 is 1.74. The maximum atomic E-state index is 13.0. The number of rotatable bonds is 1. The first-order chi connectivity index (χ1) is 9.81. The van der Waals surface area contributed by atoms with Gasteiger partial charge in [-0.2, -0.15) is 9.78 Å². The molecule has 1 aliphatic carbocycles. The SMILES string of the molecule is Fc1ccc(-c2nnc3n2N=C2CCCCC2S3)cc1. The molecule has 0 spiro atoms. The molecule has 0 amide bonds. The van der Waals surface area contributed by atoms with Crippen LogP contribution in [0, 0.1) is 5.82 Å². The van der Waals surface area contributed by atoms with Crippen LogP contribution in [0.25, 0.3) is 11.4 Å². The minimum Gasteiger partial charge on any atom is -0.207 e. The molecule has 6 heteroatoms. The monoisotopic (exact) mass is 288 g/mol. The summed E-state index contributed by atoms with van der Waals surface area (Å²) in [5.41, 5.74) is 2.07. The third-order valence-electron chi connectivity index (χ3n) is 3.71.